The third-order valence-electron chi connectivity index (χ3n) is 5.49. The predicted octanol–water partition coefficient (Wildman–Crippen LogP) is 3.69. The van der Waals surface area contributed by atoms with Crippen molar-refractivity contribution in [3.05, 3.63) is 59.1 Å². The van der Waals surface area contributed by atoms with Crippen LogP contribution < -0.4 is 5.32 Å². The van der Waals surface area contributed by atoms with Crippen molar-refractivity contribution in [1.82, 2.24) is 19.9 Å². The zero-order valence-corrected chi connectivity index (χ0v) is 16.1. The Morgan fingerprint density at radius 2 is 2.30 bits per heavy atom. The number of nitrogens with one attached hydrogen (secondary N) is 2. The Morgan fingerprint density at radius 1 is 1.37 bits per heavy atom. The average Bonchev–Trinajstić information content (AvgIpc) is 3.37. The van der Waals surface area contributed by atoms with E-state index in [9.17, 15) is 5.11 Å². The third-order valence-corrected chi connectivity index (χ3v) is 5.49. The summed E-state index contributed by atoms with van der Waals surface area (Å²) in [4.78, 5) is 17.0. The van der Waals surface area contributed by atoms with Gasteiger partial charge >= 0.3 is 0 Å². The highest BCUT2D eigenvalue weighted by molar-refractivity contribution is 5.93. The molecule has 1 aliphatic heterocycles. The SMILES string of the molecule is [N-]=[N+]=NC1CCN(Cc2c[nH]c3ncnc(Nc4ccc5occc5c4)c23)CC1O. The number of β-amino-alcohol motifs (C(OH)–C–C–N with tert-alkyl or cyclic N) is 1. The second-order valence-electron chi connectivity index (χ2n) is 7.42. The van der Waals surface area contributed by atoms with E-state index in [2.05, 4.69) is 35.2 Å². The minimum absolute atomic E-state index is 0.368. The van der Waals surface area contributed by atoms with Gasteiger partial charge in [0.05, 0.1) is 23.8 Å². The molecule has 0 amide bonds. The first-order chi connectivity index (χ1) is 14.7. The van der Waals surface area contributed by atoms with Gasteiger partial charge in [-0.15, -0.1) is 0 Å². The van der Waals surface area contributed by atoms with Crippen LogP contribution in [0.15, 0.2) is 52.6 Å². The Kier molecular flexibility index (Phi) is 4.72. The minimum Gasteiger partial charge on any atom is -0.464 e. The largest absolute Gasteiger partial charge is 0.464 e. The van der Waals surface area contributed by atoms with Gasteiger partial charge in [0.25, 0.3) is 0 Å². The lowest BCUT2D eigenvalue weighted by Gasteiger charge is -2.33. The average molecular weight is 404 g/mol. The molecule has 1 aliphatic rings. The van der Waals surface area contributed by atoms with Gasteiger partial charge in [-0.1, -0.05) is 5.11 Å². The van der Waals surface area contributed by atoms with Crippen molar-refractivity contribution in [3.8, 4) is 0 Å². The highest BCUT2D eigenvalue weighted by atomic mass is 16.3. The van der Waals surface area contributed by atoms with E-state index in [0.29, 0.717) is 25.3 Å². The molecule has 4 heterocycles. The summed E-state index contributed by atoms with van der Waals surface area (Å²) >= 11 is 0. The summed E-state index contributed by atoms with van der Waals surface area (Å²) in [6.45, 7) is 1.81. The molecule has 1 saturated heterocycles. The summed E-state index contributed by atoms with van der Waals surface area (Å²) in [6.07, 6.45) is 5.07. The van der Waals surface area contributed by atoms with Crippen LogP contribution in [0.4, 0.5) is 11.5 Å². The maximum atomic E-state index is 10.3. The standard InChI is InChI=1S/C20H20N8O2/c21-27-26-15-3-5-28(10-16(15)29)9-13-8-22-19-18(13)20(24-11-23-19)25-14-1-2-17-12(7-14)4-6-30-17/h1-2,4,6-8,11,15-16,29H,3,5,9-10H2,(H2,22,23,24,25). The number of azide groups is 1. The van der Waals surface area contributed by atoms with Crippen LogP contribution in [0.5, 0.6) is 0 Å². The lowest BCUT2D eigenvalue weighted by Crippen LogP contribution is -2.45. The van der Waals surface area contributed by atoms with E-state index in [1.807, 2.05) is 30.5 Å². The van der Waals surface area contributed by atoms with Crippen LogP contribution >= 0.6 is 0 Å². The Bertz CT molecular complexity index is 1240. The normalized spacial score (nSPS) is 19.8. The number of nitrogens with zero attached hydrogens (tertiary/aromatic N) is 6. The smallest absolute Gasteiger partial charge is 0.143 e. The van der Waals surface area contributed by atoms with Crippen LogP contribution in [0.3, 0.4) is 0 Å². The van der Waals surface area contributed by atoms with Gasteiger partial charge in [-0.2, -0.15) is 0 Å². The molecule has 0 aliphatic carbocycles. The summed E-state index contributed by atoms with van der Waals surface area (Å²) in [5.74, 6) is 0.712. The van der Waals surface area contributed by atoms with E-state index in [1.54, 1.807) is 6.26 Å². The Balaban J connectivity index is 1.41. The molecule has 3 aromatic heterocycles. The molecule has 1 aromatic carbocycles. The van der Waals surface area contributed by atoms with Crippen molar-refractivity contribution in [1.29, 1.82) is 0 Å². The lowest BCUT2D eigenvalue weighted by molar-refractivity contribution is 0.0503. The molecule has 1 fully saturated rings. The number of furan rings is 1. The van der Waals surface area contributed by atoms with Crippen molar-refractivity contribution in [2.75, 3.05) is 18.4 Å². The number of fused-ring (bicyclic) bond motifs is 2. The summed E-state index contributed by atoms with van der Waals surface area (Å²) in [5.41, 5.74) is 12.1. The fourth-order valence-electron chi connectivity index (χ4n) is 4.00. The van der Waals surface area contributed by atoms with Crippen molar-refractivity contribution in [2.45, 2.75) is 25.1 Å². The van der Waals surface area contributed by atoms with Gasteiger partial charge in [0.1, 0.15) is 23.4 Å². The molecule has 10 nitrogen and oxygen atoms in total. The van der Waals surface area contributed by atoms with E-state index in [-0.39, 0.29) is 6.04 Å². The molecule has 0 bridgehead atoms. The van der Waals surface area contributed by atoms with Gasteiger partial charge in [-0.25, -0.2) is 9.97 Å². The van der Waals surface area contributed by atoms with Gasteiger partial charge < -0.3 is 19.8 Å². The van der Waals surface area contributed by atoms with Gasteiger partial charge in [-0.3, -0.25) is 4.90 Å². The third kappa shape index (κ3) is 3.43. The van der Waals surface area contributed by atoms with Gasteiger partial charge in [0, 0.05) is 35.3 Å². The van der Waals surface area contributed by atoms with E-state index in [4.69, 9.17) is 9.95 Å². The number of aliphatic hydroxyl groups is 1. The highest BCUT2D eigenvalue weighted by Gasteiger charge is 2.27. The fraction of sp³-hybridized carbons (Fsp3) is 0.300. The molecule has 5 rings (SSSR count). The molecule has 4 aromatic rings. The maximum Gasteiger partial charge on any atom is 0.143 e. The van der Waals surface area contributed by atoms with Crippen LogP contribution in [0.1, 0.15) is 12.0 Å². The fourth-order valence-corrected chi connectivity index (χ4v) is 4.00. The molecular weight excluding hydrogens is 384 g/mol. The van der Waals surface area contributed by atoms with Gasteiger partial charge in [0.2, 0.25) is 0 Å². The lowest BCUT2D eigenvalue weighted by atomic mass is 10.0. The van der Waals surface area contributed by atoms with E-state index in [0.717, 1.165) is 39.8 Å². The van der Waals surface area contributed by atoms with E-state index in [1.165, 1.54) is 6.33 Å². The van der Waals surface area contributed by atoms with E-state index >= 15 is 0 Å². The number of piperidine rings is 1. The molecule has 30 heavy (non-hydrogen) atoms. The number of likely N-dealkylation sites (tertiary alicyclic amines) is 1. The number of benzene rings is 1. The highest BCUT2D eigenvalue weighted by Crippen LogP contribution is 2.29. The first-order valence-electron chi connectivity index (χ1n) is 9.71. The molecule has 152 valence electrons. The van der Waals surface area contributed by atoms with Crippen molar-refractivity contribution >= 4 is 33.5 Å². The topological polar surface area (TPSA) is 139 Å². The summed E-state index contributed by atoms with van der Waals surface area (Å²) in [6, 6.07) is 7.43. The number of aromatic nitrogens is 3. The van der Waals surface area contributed by atoms with Crippen LogP contribution in [-0.4, -0.2) is 50.2 Å². The Morgan fingerprint density at radius 3 is 3.17 bits per heavy atom. The van der Waals surface area contributed by atoms with Crippen LogP contribution in [0.25, 0.3) is 32.4 Å². The zero-order chi connectivity index (χ0) is 20.5. The number of anilines is 2. The molecule has 10 heteroatoms. The molecule has 0 saturated carbocycles. The first-order valence-corrected chi connectivity index (χ1v) is 9.71. The van der Waals surface area contributed by atoms with Crippen molar-refractivity contribution in [2.24, 2.45) is 5.11 Å². The first kappa shape index (κ1) is 18.4. The molecule has 3 N–H and O–H groups in total. The molecule has 0 spiro atoms. The summed E-state index contributed by atoms with van der Waals surface area (Å²) in [5, 5.41) is 19.3. The van der Waals surface area contributed by atoms with Crippen LogP contribution in [0.2, 0.25) is 0 Å². The molecule has 0 radical (unpaired) electrons. The number of aromatic amines is 1. The quantitative estimate of drug-likeness (QED) is 0.263. The van der Waals surface area contributed by atoms with Crippen LogP contribution in [0, 0.1) is 0 Å². The molecule has 2 atom stereocenters. The maximum absolute atomic E-state index is 10.3. The number of hydrogen-bond acceptors (Lipinski definition) is 7. The second kappa shape index (κ2) is 7.68. The van der Waals surface area contributed by atoms with E-state index < -0.39 is 6.10 Å². The van der Waals surface area contributed by atoms with Crippen LogP contribution in [-0.2, 0) is 6.54 Å². The Labute approximate surface area is 171 Å². The summed E-state index contributed by atoms with van der Waals surface area (Å²) in [7, 11) is 0. The second-order valence-corrected chi connectivity index (χ2v) is 7.42. The minimum atomic E-state index is -0.671. The number of H-pyrrole nitrogens is 1. The molecular formula is C20H20N8O2. The summed E-state index contributed by atoms with van der Waals surface area (Å²) < 4.78 is 5.41. The Hall–Kier alpha value is -3.59. The van der Waals surface area contributed by atoms with Gasteiger partial charge in [-0.05, 0) is 48.3 Å². The number of aliphatic hydroxyl groups excluding tert-OH is 1. The van der Waals surface area contributed by atoms with Crippen molar-refractivity contribution < 1.29 is 9.52 Å². The number of hydrogen-bond donors (Lipinski definition) is 3. The van der Waals surface area contributed by atoms with Gasteiger partial charge in [0.15, 0.2) is 0 Å². The molecule has 2 unspecified atom stereocenters. The number of rotatable bonds is 5. The zero-order valence-electron chi connectivity index (χ0n) is 16.1. The predicted molar refractivity (Wildman–Crippen MR) is 112 cm³/mol. The van der Waals surface area contributed by atoms with Crippen molar-refractivity contribution in [3.63, 3.8) is 0 Å². The monoisotopic (exact) mass is 404 g/mol.